The van der Waals surface area contributed by atoms with Gasteiger partial charge in [-0.25, -0.2) is 0 Å². The normalized spacial score (nSPS) is 34.9. The maximum Gasteiger partial charge on any atom is 0.0987 e. The van der Waals surface area contributed by atoms with Gasteiger partial charge < -0.3 is 9.84 Å². The van der Waals surface area contributed by atoms with Gasteiger partial charge in [-0.3, -0.25) is 0 Å². The third-order valence-corrected chi connectivity index (χ3v) is 4.40. The van der Waals surface area contributed by atoms with Gasteiger partial charge in [0.25, 0.3) is 0 Å². The summed E-state index contributed by atoms with van der Waals surface area (Å²) in [5.41, 5.74) is -0.550. The zero-order valence-corrected chi connectivity index (χ0v) is 10.7. The molecule has 0 aromatic rings. The number of nitriles is 1. The van der Waals surface area contributed by atoms with Crippen LogP contribution in [0.25, 0.3) is 0 Å². The van der Waals surface area contributed by atoms with Crippen LogP contribution in [-0.2, 0) is 4.74 Å². The molecule has 0 bridgehead atoms. The Bertz CT molecular complexity index is 289. The fourth-order valence-corrected chi connectivity index (χ4v) is 3.25. The lowest BCUT2D eigenvalue weighted by Gasteiger charge is -2.34. The molecule has 1 heterocycles. The van der Waals surface area contributed by atoms with Crippen LogP contribution < -0.4 is 0 Å². The van der Waals surface area contributed by atoms with Crippen molar-refractivity contribution < 1.29 is 9.84 Å². The molecule has 1 saturated heterocycles. The van der Waals surface area contributed by atoms with E-state index in [1.807, 2.05) is 6.92 Å². The van der Waals surface area contributed by atoms with E-state index in [4.69, 9.17) is 4.74 Å². The largest absolute Gasteiger partial charge is 0.389 e. The fraction of sp³-hybridized carbons (Fsp3) is 0.929. The van der Waals surface area contributed by atoms with Crippen LogP contribution in [0.1, 0.15) is 58.3 Å². The second-order valence-corrected chi connectivity index (χ2v) is 5.69. The van der Waals surface area contributed by atoms with Crippen molar-refractivity contribution in [2.24, 2.45) is 5.41 Å². The molecule has 3 nitrogen and oxygen atoms in total. The molecular formula is C14H23NO2. The van der Waals surface area contributed by atoms with Crippen molar-refractivity contribution in [1.29, 1.82) is 5.26 Å². The van der Waals surface area contributed by atoms with Gasteiger partial charge in [-0.05, 0) is 32.6 Å². The minimum atomic E-state index is -0.601. The third-order valence-electron chi connectivity index (χ3n) is 4.40. The standard InChI is InChI=1S/C14H23NO2/c1-11-6-7-12(17-11)13(16)14(10-15)8-4-2-3-5-9-14/h11-13,16H,2-9H2,1H3. The van der Waals surface area contributed by atoms with E-state index in [0.717, 1.165) is 38.5 Å². The van der Waals surface area contributed by atoms with E-state index in [0.29, 0.717) is 0 Å². The summed E-state index contributed by atoms with van der Waals surface area (Å²) in [6.07, 6.45) is 7.58. The molecule has 0 aromatic carbocycles. The number of nitrogens with zero attached hydrogens (tertiary/aromatic N) is 1. The van der Waals surface area contributed by atoms with Gasteiger partial charge in [0.1, 0.15) is 0 Å². The molecule has 3 heteroatoms. The Balaban J connectivity index is 2.08. The number of aliphatic hydroxyl groups is 1. The van der Waals surface area contributed by atoms with Crippen LogP contribution in [0.5, 0.6) is 0 Å². The van der Waals surface area contributed by atoms with Crippen LogP contribution in [0.4, 0.5) is 0 Å². The molecule has 96 valence electrons. The highest BCUT2D eigenvalue weighted by Gasteiger charge is 2.44. The van der Waals surface area contributed by atoms with E-state index in [-0.39, 0.29) is 12.2 Å². The Hall–Kier alpha value is -0.590. The van der Waals surface area contributed by atoms with Gasteiger partial charge in [0.15, 0.2) is 0 Å². The predicted octanol–water partition coefficient (Wildman–Crippen LogP) is 2.78. The third kappa shape index (κ3) is 2.64. The molecule has 0 spiro atoms. The number of hydrogen-bond acceptors (Lipinski definition) is 3. The number of ether oxygens (including phenoxy) is 1. The van der Waals surface area contributed by atoms with Gasteiger partial charge in [-0.1, -0.05) is 25.7 Å². The summed E-state index contributed by atoms with van der Waals surface area (Å²) in [7, 11) is 0. The molecule has 17 heavy (non-hydrogen) atoms. The molecule has 0 aromatic heterocycles. The topological polar surface area (TPSA) is 53.2 Å². The van der Waals surface area contributed by atoms with E-state index in [2.05, 4.69) is 6.07 Å². The van der Waals surface area contributed by atoms with Gasteiger partial charge >= 0.3 is 0 Å². The Morgan fingerprint density at radius 1 is 1.24 bits per heavy atom. The van der Waals surface area contributed by atoms with Crippen molar-refractivity contribution in [3.8, 4) is 6.07 Å². The van der Waals surface area contributed by atoms with Crippen LogP contribution in [0.3, 0.4) is 0 Å². The summed E-state index contributed by atoms with van der Waals surface area (Å²) in [4.78, 5) is 0. The minimum Gasteiger partial charge on any atom is -0.389 e. The maximum absolute atomic E-state index is 10.5. The van der Waals surface area contributed by atoms with Crippen LogP contribution in [0, 0.1) is 16.7 Å². The first-order valence-corrected chi connectivity index (χ1v) is 6.93. The molecule has 1 aliphatic heterocycles. The molecule has 0 radical (unpaired) electrons. The molecule has 2 fully saturated rings. The van der Waals surface area contributed by atoms with E-state index < -0.39 is 11.5 Å². The zero-order valence-electron chi connectivity index (χ0n) is 10.7. The lowest BCUT2D eigenvalue weighted by Crippen LogP contribution is -2.42. The molecule has 0 amide bonds. The second-order valence-electron chi connectivity index (χ2n) is 5.69. The monoisotopic (exact) mass is 237 g/mol. The van der Waals surface area contributed by atoms with Crippen molar-refractivity contribution in [1.82, 2.24) is 0 Å². The summed E-state index contributed by atoms with van der Waals surface area (Å²) in [5, 5.41) is 20.0. The van der Waals surface area contributed by atoms with Crippen LogP contribution in [-0.4, -0.2) is 23.4 Å². The molecule has 3 atom stereocenters. The van der Waals surface area contributed by atoms with Crippen molar-refractivity contribution in [2.45, 2.75) is 76.6 Å². The van der Waals surface area contributed by atoms with Gasteiger partial charge in [-0.15, -0.1) is 0 Å². The molecule has 2 rings (SSSR count). The van der Waals surface area contributed by atoms with Crippen molar-refractivity contribution >= 4 is 0 Å². The number of aliphatic hydroxyl groups excluding tert-OH is 1. The molecule has 1 aliphatic carbocycles. The summed E-state index contributed by atoms with van der Waals surface area (Å²) in [6, 6.07) is 2.42. The van der Waals surface area contributed by atoms with Crippen molar-refractivity contribution in [2.75, 3.05) is 0 Å². The fourth-order valence-electron chi connectivity index (χ4n) is 3.25. The summed E-state index contributed by atoms with van der Waals surface area (Å²) < 4.78 is 5.74. The first-order valence-electron chi connectivity index (χ1n) is 6.93. The average molecular weight is 237 g/mol. The van der Waals surface area contributed by atoms with E-state index in [1.54, 1.807) is 0 Å². The lowest BCUT2D eigenvalue weighted by molar-refractivity contribution is -0.0761. The summed E-state index contributed by atoms with van der Waals surface area (Å²) >= 11 is 0. The Morgan fingerprint density at radius 2 is 1.88 bits per heavy atom. The van der Waals surface area contributed by atoms with E-state index in [9.17, 15) is 10.4 Å². The van der Waals surface area contributed by atoms with Gasteiger partial charge in [0, 0.05) is 0 Å². The van der Waals surface area contributed by atoms with Crippen molar-refractivity contribution in [3.05, 3.63) is 0 Å². The minimum absolute atomic E-state index is 0.122. The smallest absolute Gasteiger partial charge is 0.0987 e. The lowest BCUT2D eigenvalue weighted by atomic mass is 9.74. The first-order chi connectivity index (χ1) is 8.18. The van der Waals surface area contributed by atoms with Crippen molar-refractivity contribution in [3.63, 3.8) is 0 Å². The Morgan fingerprint density at radius 3 is 2.35 bits per heavy atom. The quantitative estimate of drug-likeness (QED) is 0.751. The van der Waals surface area contributed by atoms with E-state index in [1.165, 1.54) is 12.8 Å². The molecule has 2 aliphatic rings. The predicted molar refractivity (Wildman–Crippen MR) is 65.3 cm³/mol. The zero-order chi connectivity index (χ0) is 12.3. The van der Waals surface area contributed by atoms with Crippen LogP contribution in [0.15, 0.2) is 0 Å². The molecular weight excluding hydrogens is 214 g/mol. The number of hydrogen-bond donors (Lipinski definition) is 1. The highest BCUT2D eigenvalue weighted by atomic mass is 16.5. The van der Waals surface area contributed by atoms with E-state index >= 15 is 0 Å². The molecule has 1 N–H and O–H groups in total. The molecule has 1 saturated carbocycles. The highest BCUT2D eigenvalue weighted by Crippen LogP contribution is 2.41. The van der Waals surface area contributed by atoms with Crippen LogP contribution in [0.2, 0.25) is 0 Å². The van der Waals surface area contributed by atoms with Gasteiger partial charge in [0.2, 0.25) is 0 Å². The van der Waals surface area contributed by atoms with Gasteiger partial charge in [0.05, 0.1) is 29.8 Å². The highest BCUT2D eigenvalue weighted by molar-refractivity contribution is 5.07. The summed E-state index contributed by atoms with van der Waals surface area (Å²) in [5.74, 6) is 0. The second kappa shape index (κ2) is 5.37. The SMILES string of the molecule is CC1CCC(C(O)C2(C#N)CCCCCC2)O1. The Labute approximate surface area is 104 Å². The Kier molecular flexibility index (Phi) is 4.06. The first kappa shape index (κ1) is 12.9. The molecule has 3 unspecified atom stereocenters. The average Bonchev–Trinajstić information content (AvgIpc) is 2.64. The summed E-state index contributed by atoms with van der Waals surface area (Å²) in [6.45, 7) is 2.04. The maximum atomic E-state index is 10.5. The number of rotatable bonds is 2. The van der Waals surface area contributed by atoms with Gasteiger partial charge in [-0.2, -0.15) is 5.26 Å². The van der Waals surface area contributed by atoms with Crippen LogP contribution >= 0.6 is 0 Å².